The van der Waals surface area contributed by atoms with E-state index in [1.165, 1.54) is 38.6 Å². The molecule has 2 heteroatoms. The zero-order valence-electron chi connectivity index (χ0n) is 10.5. The summed E-state index contributed by atoms with van der Waals surface area (Å²) >= 11 is 0. The fraction of sp³-hybridized carbons (Fsp3) is 1.00. The molecule has 0 radical (unpaired) electrons. The van der Waals surface area contributed by atoms with Crippen molar-refractivity contribution < 1.29 is 0 Å². The van der Waals surface area contributed by atoms with Gasteiger partial charge in [-0.2, -0.15) is 0 Å². The molecule has 0 amide bonds. The molecule has 2 heterocycles. The Bertz CT molecular complexity index is 201. The molecule has 0 aromatic rings. The van der Waals surface area contributed by atoms with Crippen LogP contribution in [0.3, 0.4) is 0 Å². The zero-order chi connectivity index (χ0) is 10.8. The summed E-state index contributed by atoms with van der Waals surface area (Å²) in [7, 11) is 2.31. The van der Waals surface area contributed by atoms with Crippen LogP contribution in [0.2, 0.25) is 0 Å². The summed E-state index contributed by atoms with van der Waals surface area (Å²) in [5.74, 6) is 0.925. The molecule has 2 aliphatic heterocycles. The van der Waals surface area contributed by atoms with Crippen LogP contribution in [0.25, 0.3) is 0 Å². The Kier molecular flexibility index (Phi) is 3.68. The maximum atomic E-state index is 3.73. The molecule has 3 atom stereocenters. The molecule has 0 aromatic heterocycles. The van der Waals surface area contributed by atoms with Crippen molar-refractivity contribution in [2.24, 2.45) is 5.92 Å². The first-order chi connectivity index (χ1) is 7.24. The van der Waals surface area contributed by atoms with Gasteiger partial charge >= 0.3 is 0 Å². The quantitative estimate of drug-likeness (QED) is 0.749. The van der Waals surface area contributed by atoms with E-state index < -0.39 is 0 Å². The van der Waals surface area contributed by atoms with Crippen LogP contribution in [-0.2, 0) is 0 Å². The minimum atomic E-state index is 0.795. The molecule has 2 aliphatic rings. The highest BCUT2D eigenvalue weighted by atomic mass is 15.1. The molecule has 0 spiro atoms. The lowest BCUT2D eigenvalue weighted by Crippen LogP contribution is -2.38. The molecule has 2 fully saturated rings. The summed E-state index contributed by atoms with van der Waals surface area (Å²) in [4.78, 5) is 2.59. The third kappa shape index (κ3) is 2.36. The van der Waals surface area contributed by atoms with Gasteiger partial charge in [0.15, 0.2) is 0 Å². The second-order valence-corrected chi connectivity index (χ2v) is 5.45. The lowest BCUT2D eigenvalue weighted by Gasteiger charge is -2.31. The lowest BCUT2D eigenvalue weighted by atomic mass is 9.88. The number of rotatable bonds is 5. The monoisotopic (exact) mass is 210 g/mol. The summed E-state index contributed by atoms with van der Waals surface area (Å²) in [6.07, 6.45) is 6.86. The van der Waals surface area contributed by atoms with E-state index in [0.717, 1.165) is 24.0 Å². The van der Waals surface area contributed by atoms with Crippen molar-refractivity contribution in [3.63, 3.8) is 0 Å². The van der Waals surface area contributed by atoms with E-state index in [9.17, 15) is 0 Å². The predicted molar refractivity (Wildman–Crippen MR) is 65.1 cm³/mol. The average Bonchev–Trinajstić information content (AvgIpc) is 2.81. The first kappa shape index (κ1) is 11.4. The zero-order valence-corrected chi connectivity index (χ0v) is 10.5. The van der Waals surface area contributed by atoms with Crippen molar-refractivity contribution >= 4 is 0 Å². The standard InChI is InChI=1S/C13H26N2/c1-4-12(5-2)15(3)9-10-8-11-6-7-13(10)14-11/h10-14H,4-9H2,1-3H3. The Labute approximate surface area is 94.4 Å². The van der Waals surface area contributed by atoms with Crippen molar-refractivity contribution in [1.29, 1.82) is 0 Å². The SMILES string of the molecule is CCC(CC)N(C)CC1CC2CCC1N2. The van der Waals surface area contributed by atoms with Gasteiger partial charge < -0.3 is 10.2 Å². The van der Waals surface area contributed by atoms with E-state index in [2.05, 4.69) is 31.1 Å². The van der Waals surface area contributed by atoms with Gasteiger partial charge in [-0.3, -0.25) is 0 Å². The van der Waals surface area contributed by atoms with Crippen LogP contribution in [0.5, 0.6) is 0 Å². The molecule has 15 heavy (non-hydrogen) atoms. The summed E-state index contributed by atoms with van der Waals surface area (Å²) in [5.41, 5.74) is 0. The van der Waals surface area contributed by atoms with E-state index >= 15 is 0 Å². The van der Waals surface area contributed by atoms with Gasteiger partial charge in [-0.05, 0) is 45.1 Å². The highest BCUT2D eigenvalue weighted by Gasteiger charge is 2.39. The van der Waals surface area contributed by atoms with Crippen LogP contribution < -0.4 is 5.32 Å². The van der Waals surface area contributed by atoms with E-state index in [-0.39, 0.29) is 0 Å². The fourth-order valence-corrected chi connectivity index (χ4v) is 3.57. The van der Waals surface area contributed by atoms with Crippen molar-refractivity contribution in [2.75, 3.05) is 13.6 Å². The van der Waals surface area contributed by atoms with Gasteiger partial charge in [-0.25, -0.2) is 0 Å². The van der Waals surface area contributed by atoms with E-state index in [1.54, 1.807) is 0 Å². The molecular weight excluding hydrogens is 184 g/mol. The second-order valence-electron chi connectivity index (χ2n) is 5.45. The van der Waals surface area contributed by atoms with Crippen LogP contribution in [-0.4, -0.2) is 36.6 Å². The van der Waals surface area contributed by atoms with Gasteiger partial charge in [0.25, 0.3) is 0 Å². The fourth-order valence-electron chi connectivity index (χ4n) is 3.57. The Hall–Kier alpha value is -0.0800. The first-order valence-electron chi connectivity index (χ1n) is 6.70. The second kappa shape index (κ2) is 4.84. The summed E-state index contributed by atoms with van der Waals surface area (Å²) in [6, 6.07) is 2.49. The molecule has 0 aromatic carbocycles. The van der Waals surface area contributed by atoms with Crippen LogP contribution in [0.1, 0.15) is 46.0 Å². The highest BCUT2D eigenvalue weighted by molar-refractivity contribution is 4.98. The minimum Gasteiger partial charge on any atom is -0.311 e. The smallest absolute Gasteiger partial charge is 0.0111 e. The molecule has 0 saturated carbocycles. The normalized spacial score (nSPS) is 34.6. The average molecular weight is 210 g/mol. The van der Waals surface area contributed by atoms with Crippen LogP contribution in [0.4, 0.5) is 0 Å². The molecule has 2 nitrogen and oxygen atoms in total. The van der Waals surface area contributed by atoms with Crippen molar-refractivity contribution in [1.82, 2.24) is 10.2 Å². The number of nitrogens with one attached hydrogen (secondary N) is 1. The lowest BCUT2D eigenvalue weighted by molar-refractivity contribution is 0.182. The van der Waals surface area contributed by atoms with E-state index in [4.69, 9.17) is 0 Å². The van der Waals surface area contributed by atoms with Crippen LogP contribution >= 0.6 is 0 Å². The largest absolute Gasteiger partial charge is 0.311 e. The molecule has 2 bridgehead atoms. The molecule has 3 unspecified atom stereocenters. The number of fused-ring (bicyclic) bond motifs is 2. The van der Waals surface area contributed by atoms with Crippen LogP contribution in [0.15, 0.2) is 0 Å². The molecule has 88 valence electrons. The van der Waals surface area contributed by atoms with Crippen molar-refractivity contribution in [2.45, 2.75) is 64.1 Å². The molecule has 2 rings (SSSR count). The third-order valence-electron chi connectivity index (χ3n) is 4.52. The molecule has 2 saturated heterocycles. The Morgan fingerprint density at radius 2 is 2.00 bits per heavy atom. The van der Waals surface area contributed by atoms with Gasteiger partial charge in [0, 0.05) is 24.7 Å². The summed E-state index contributed by atoms with van der Waals surface area (Å²) in [6.45, 7) is 5.92. The molecule has 1 N–H and O–H groups in total. The summed E-state index contributed by atoms with van der Waals surface area (Å²) < 4.78 is 0. The van der Waals surface area contributed by atoms with Gasteiger partial charge in [0.05, 0.1) is 0 Å². The first-order valence-corrected chi connectivity index (χ1v) is 6.70. The van der Waals surface area contributed by atoms with E-state index in [1.807, 2.05) is 0 Å². The van der Waals surface area contributed by atoms with Gasteiger partial charge in [0.1, 0.15) is 0 Å². The topological polar surface area (TPSA) is 15.3 Å². The predicted octanol–water partition coefficient (Wildman–Crippen LogP) is 2.25. The summed E-state index contributed by atoms with van der Waals surface area (Å²) in [5, 5.41) is 3.73. The maximum absolute atomic E-state index is 3.73. The van der Waals surface area contributed by atoms with Gasteiger partial charge in [-0.1, -0.05) is 13.8 Å². The maximum Gasteiger partial charge on any atom is 0.0111 e. The van der Waals surface area contributed by atoms with Crippen molar-refractivity contribution in [3.05, 3.63) is 0 Å². The third-order valence-corrected chi connectivity index (χ3v) is 4.52. The number of hydrogen-bond donors (Lipinski definition) is 1. The van der Waals surface area contributed by atoms with E-state index in [0.29, 0.717) is 0 Å². The minimum absolute atomic E-state index is 0.795. The number of hydrogen-bond acceptors (Lipinski definition) is 2. The number of nitrogens with zero attached hydrogens (tertiary/aromatic N) is 1. The molecule has 0 aliphatic carbocycles. The Morgan fingerprint density at radius 1 is 1.27 bits per heavy atom. The van der Waals surface area contributed by atoms with Gasteiger partial charge in [-0.15, -0.1) is 0 Å². The Balaban J connectivity index is 1.81. The molecular formula is C13H26N2. The van der Waals surface area contributed by atoms with Crippen molar-refractivity contribution in [3.8, 4) is 0 Å². The van der Waals surface area contributed by atoms with Gasteiger partial charge in [0.2, 0.25) is 0 Å². The Morgan fingerprint density at radius 3 is 2.47 bits per heavy atom. The highest BCUT2D eigenvalue weighted by Crippen LogP contribution is 2.33. The van der Waals surface area contributed by atoms with Crippen LogP contribution in [0, 0.1) is 5.92 Å².